The van der Waals surface area contributed by atoms with Crippen LogP contribution in [0.5, 0.6) is 0 Å². The molecule has 0 radical (unpaired) electrons. The highest BCUT2D eigenvalue weighted by atomic mass is 79.9. The fraction of sp³-hybridized carbons (Fsp3) is 0.200. The van der Waals surface area contributed by atoms with Gasteiger partial charge in [0.15, 0.2) is 0 Å². The Kier molecular flexibility index (Phi) is 4.74. The van der Waals surface area contributed by atoms with E-state index in [0.29, 0.717) is 6.42 Å². The van der Waals surface area contributed by atoms with E-state index in [2.05, 4.69) is 21.2 Å². The monoisotopic (exact) mass is 335 g/mol. The topological polar surface area (TPSA) is 66.4 Å². The Balaban J connectivity index is 1.88. The number of carboxylic acid groups (broad SMARTS) is 1. The summed E-state index contributed by atoms with van der Waals surface area (Å²) in [5, 5.41) is 11.6. The molecule has 1 aliphatic rings. The molecule has 1 aliphatic carbocycles. The summed E-state index contributed by atoms with van der Waals surface area (Å²) >= 11 is 3.36. The van der Waals surface area contributed by atoms with Crippen molar-refractivity contribution in [2.45, 2.75) is 12.5 Å². The minimum absolute atomic E-state index is 0.212. The average molecular weight is 336 g/mol. The van der Waals surface area contributed by atoms with Crippen molar-refractivity contribution in [1.29, 1.82) is 0 Å². The number of rotatable bonds is 4. The maximum Gasteiger partial charge on any atom is 0.310 e. The van der Waals surface area contributed by atoms with Crippen molar-refractivity contribution in [1.82, 2.24) is 5.32 Å². The van der Waals surface area contributed by atoms with Gasteiger partial charge >= 0.3 is 5.97 Å². The second-order valence-corrected chi connectivity index (χ2v) is 5.48. The SMILES string of the molecule is O=C(C=Cc1cccc(Br)c1)NC1C=CC(C(=O)O)C1. The number of hydrogen-bond donors (Lipinski definition) is 2. The summed E-state index contributed by atoms with van der Waals surface area (Å²) in [6.07, 6.45) is 6.91. The largest absolute Gasteiger partial charge is 0.481 e. The van der Waals surface area contributed by atoms with Gasteiger partial charge in [0.25, 0.3) is 0 Å². The third-order valence-corrected chi connectivity index (χ3v) is 3.50. The lowest BCUT2D eigenvalue weighted by Gasteiger charge is -2.10. The molecule has 2 rings (SSSR count). The molecule has 0 aromatic heterocycles. The van der Waals surface area contributed by atoms with Gasteiger partial charge < -0.3 is 10.4 Å². The number of carbonyl (C=O) groups excluding carboxylic acids is 1. The van der Waals surface area contributed by atoms with Crippen molar-refractivity contribution in [2.75, 3.05) is 0 Å². The van der Waals surface area contributed by atoms with Gasteiger partial charge in [0.05, 0.1) is 5.92 Å². The van der Waals surface area contributed by atoms with Gasteiger partial charge in [-0.25, -0.2) is 0 Å². The van der Waals surface area contributed by atoms with Crippen LogP contribution in [-0.2, 0) is 9.59 Å². The van der Waals surface area contributed by atoms with Gasteiger partial charge in [0, 0.05) is 16.6 Å². The van der Waals surface area contributed by atoms with Crippen LogP contribution in [0.3, 0.4) is 0 Å². The van der Waals surface area contributed by atoms with Crippen LogP contribution >= 0.6 is 15.9 Å². The van der Waals surface area contributed by atoms with Crippen LogP contribution in [-0.4, -0.2) is 23.0 Å². The summed E-state index contributed by atoms with van der Waals surface area (Å²) in [7, 11) is 0. The lowest BCUT2D eigenvalue weighted by atomic mass is 10.1. The Morgan fingerprint density at radius 1 is 1.35 bits per heavy atom. The van der Waals surface area contributed by atoms with Crippen LogP contribution in [0, 0.1) is 5.92 Å². The highest BCUT2D eigenvalue weighted by Gasteiger charge is 2.24. The third-order valence-electron chi connectivity index (χ3n) is 3.00. The van der Waals surface area contributed by atoms with E-state index in [1.807, 2.05) is 24.3 Å². The summed E-state index contributed by atoms with van der Waals surface area (Å²) in [4.78, 5) is 22.5. The van der Waals surface area contributed by atoms with Crippen molar-refractivity contribution in [3.63, 3.8) is 0 Å². The second-order valence-electron chi connectivity index (χ2n) is 4.57. The molecule has 2 atom stereocenters. The molecule has 104 valence electrons. The van der Waals surface area contributed by atoms with Gasteiger partial charge in [-0.3, -0.25) is 9.59 Å². The summed E-state index contributed by atoms with van der Waals surface area (Å²) < 4.78 is 0.947. The van der Waals surface area contributed by atoms with Crippen molar-refractivity contribution >= 4 is 33.9 Å². The smallest absolute Gasteiger partial charge is 0.310 e. The standard InChI is InChI=1S/C15H14BrNO3/c16-12-3-1-2-10(8-12)4-7-14(18)17-13-6-5-11(9-13)15(19)20/h1-8,11,13H,9H2,(H,17,18)(H,19,20). The quantitative estimate of drug-likeness (QED) is 0.656. The molecule has 2 unspecified atom stereocenters. The predicted octanol–water partition coefficient (Wildman–Crippen LogP) is 2.61. The molecule has 4 nitrogen and oxygen atoms in total. The molecule has 5 heteroatoms. The minimum Gasteiger partial charge on any atom is -0.481 e. The Morgan fingerprint density at radius 2 is 2.15 bits per heavy atom. The molecule has 0 spiro atoms. The van der Waals surface area contributed by atoms with Gasteiger partial charge in [0.1, 0.15) is 0 Å². The number of carboxylic acids is 1. The molecule has 1 aromatic rings. The first-order chi connectivity index (χ1) is 9.54. The number of benzene rings is 1. The zero-order valence-electron chi connectivity index (χ0n) is 10.6. The van der Waals surface area contributed by atoms with Gasteiger partial charge in [-0.05, 0) is 30.2 Å². The van der Waals surface area contributed by atoms with E-state index < -0.39 is 11.9 Å². The normalized spacial score (nSPS) is 21.2. The van der Waals surface area contributed by atoms with Gasteiger partial charge in [-0.1, -0.05) is 40.2 Å². The summed E-state index contributed by atoms with van der Waals surface area (Å²) in [5.41, 5.74) is 0.917. The number of halogens is 1. The van der Waals surface area contributed by atoms with Crippen molar-refractivity contribution in [2.24, 2.45) is 5.92 Å². The lowest BCUT2D eigenvalue weighted by molar-refractivity contribution is -0.140. The van der Waals surface area contributed by atoms with Crippen molar-refractivity contribution in [3.8, 4) is 0 Å². The van der Waals surface area contributed by atoms with Crippen LogP contribution in [0.1, 0.15) is 12.0 Å². The molecule has 1 amide bonds. The Labute approximate surface area is 125 Å². The van der Waals surface area contributed by atoms with Crippen LogP contribution in [0.4, 0.5) is 0 Å². The summed E-state index contributed by atoms with van der Waals surface area (Å²) in [6, 6.07) is 7.38. The van der Waals surface area contributed by atoms with Gasteiger partial charge in [-0.15, -0.1) is 0 Å². The van der Waals surface area contributed by atoms with E-state index in [1.54, 1.807) is 18.2 Å². The molecule has 0 saturated carbocycles. The highest BCUT2D eigenvalue weighted by Crippen LogP contribution is 2.18. The average Bonchev–Trinajstić information content (AvgIpc) is 2.85. The maximum absolute atomic E-state index is 11.7. The van der Waals surface area contributed by atoms with E-state index >= 15 is 0 Å². The maximum atomic E-state index is 11.7. The molecule has 0 saturated heterocycles. The molecular formula is C15H14BrNO3. The van der Waals surface area contributed by atoms with Crippen LogP contribution in [0.2, 0.25) is 0 Å². The van der Waals surface area contributed by atoms with Crippen LogP contribution in [0.25, 0.3) is 6.08 Å². The van der Waals surface area contributed by atoms with Gasteiger partial charge in [-0.2, -0.15) is 0 Å². The Bertz CT molecular complexity index is 580. The van der Waals surface area contributed by atoms with Crippen LogP contribution in [0.15, 0.2) is 47.0 Å². The minimum atomic E-state index is -0.859. The van der Waals surface area contributed by atoms with E-state index in [-0.39, 0.29) is 11.9 Å². The third kappa shape index (κ3) is 4.06. The lowest BCUT2D eigenvalue weighted by Crippen LogP contribution is -2.31. The Morgan fingerprint density at radius 3 is 2.80 bits per heavy atom. The molecule has 2 N–H and O–H groups in total. The molecule has 20 heavy (non-hydrogen) atoms. The van der Waals surface area contributed by atoms with Crippen molar-refractivity contribution in [3.05, 3.63) is 52.5 Å². The molecule has 0 aliphatic heterocycles. The second kappa shape index (κ2) is 6.52. The number of amides is 1. The first kappa shape index (κ1) is 14.5. The molecule has 1 aromatic carbocycles. The fourth-order valence-corrected chi connectivity index (χ4v) is 2.42. The molecule has 0 heterocycles. The predicted molar refractivity (Wildman–Crippen MR) is 80.0 cm³/mol. The van der Waals surface area contributed by atoms with E-state index in [1.165, 1.54) is 6.08 Å². The number of nitrogens with one attached hydrogen (secondary N) is 1. The summed E-state index contributed by atoms with van der Waals surface area (Å²) in [6.45, 7) is 0. The zero-order valence-corrected chi connectivity index (χ0v) is 12.2. The highest BCUT2D eigenvalue weighted by molar-refractivity contribution is 9.10. The number of hydrogen-bond acceptors (Lipinski definition) is 2. The van der Waals surface area contributed by atoms with E-state index in [4.69, 9.17) is 5.11 Å². The summed E-state index contributed by atoms with van der Waals surface area (Å²) in [5.74, 6) is -1.59. The zero-order chi connectivity index (χ0) is 14.5. The fourth-order valence-electron chi connectivity index (χ4n) is 2.00. The molecule has 0 bridgehead atoms. The number of aliphatic carboxylic acids is 1. The van der Waals surface area contributed by atoms with E-state index in [9.17, 15) is 9.59 Å². The molecule has 0 fully saturated rings. The molecular weight excluding hydrogens is 322 g/mol. The van der Waals surface area contributed by atoms with Crippen molar-refractivity contribution < 1.29 is 14.7 Å². The number of carbonyl (C=O) groups is 2. The van der Waals surface area contributed by atoms with Crippen LogP contribution < -0.4 is 5.32 Å². The first-order valence-corrected chi connectivity index (χ1v) is 6.99. The first-order valence-electron chi connectivity index (χ1n) is 6.20. The Hall–Kier alpha value is -1.88. The van der Waals surface area contributed by atoms with Gasteiger partial charge in [0.2, 0.25) is 5.91 Å². The van der Waals surface area contributed by atoms with E-state index in [0.717, 1.165) is 10.0 Å².